The fraction of sp³-hybridized carbons (Fsp3) is 0.353. The number of imide groups is 1. The SMILES string of the molecule is Cc1cc(C)n(C[C@@H]2CC(=O)N(c3ccc(C)c(Cl)c3)C2=O)n1. The second-order valence-electron chi connectivity index (χ2n) is 6.01. The maximum Gasteiger partial charge on any atom is 0.239 e. The molecule has 3 rings (SSSR count). The molecule has 2 heterocycles. The van der Waals surface area contributed by atoms with Crippen molar-refractivity contribution in [3.05, 3.63) is 46.2 Å². The van der Waals surface area contributed by atoms with E-state index in [4.69, 9.17) is 11.6 Å². The number of aryl methyl sites for hydroxylation is 3. The predicted molar refractivity (Wildman–Crippen MR) is 88.5 cm³/mol. The topological polar surface area (TPSA) is 55.2 Å². The smallest absolute Gasteiger partial charge is 0.239 e. The summed E-state index contributed by atoms with van der Waals surface area (Å²) < 4.78 is 1.79. The first kappa shape index (κ1) is 15.7. The Balaban J connectivity index is 1.85. The van der Waals surface area contributed by atoms with Gasteiger partial charge in [-0.05, 0) is 44.5 Å². The molecule has 5 nitrogen and oxygen atoms in total. The molecule has 1 aliphatic heterocycles. The molecular formula is C17H18ClN3O2. The zero-order valence-corrected chi connectivity index (χ0v) is 14.1. The zero-order valence-electron chi connectivity index (χ0n) is 13.3. The number of amides is 2. The minimum Gasteiger partial charge on any atom is -0.274 e. The molecule has 1 aromatic heterocycles. The van der Waals surface area contributed by atoms with Gasteiger partial charge in [0, 0.05) is 17.1 Å². The molecule has 0 aliphatic carbocycles. The number of rotatable bonds is 3. The Morgan fingerprint density at radius 2 is 1.96 bits per heavy atom. The molecule has 23 heavy (non-hydrogen) atoms. The van der Waals surface area contributed by atoms with Crippen LogP contribution in [0, 0.1) is 26.7 Å². The molecule has 0 saturated carbocycles. The summed E-state index contributed by atoms with van der Waals surface area (Å²) >= 11 is 6.11. The van der Waals surface area contributed by atoms with Crippen molar-refractivity contribution < 1.29 is 9.59 Å². The average Bonchev–Trinajstić information content (AvgIpc) is 2.93. The van der Waals surface area contributed by atoms with Crippen molar-refractivity contribution in [2.24, 2.45) is 5.92 Å². The number of carbonyl (C=O) groups excluding carboxylic acids is 2. The van der Waals surface area contributed by atoms with E-state index in [1.807, 2.05) is 32.9 Å². The van der Waals surface area contributed by atoms with E-state index >= 15 is 0 Å². The highest BCUT2D eigenvalue weighted by molar-refractivity contribution is 6.32. The lowest BCUT2D eigenvalue weighted by Crippen LogP contribution is -2.31. The van der Waals surface area contributed by atoms with Crippen LogP contribution in [0.1, 0.15) is 23.4 Å². The van der Waals surface area contributed by atoms with Gasteiger partial charge in [0.1, 0.15) is 0 Å². The molecule has 1 fully saturated rings. The van der Waals surface area contributed by atoms with Gasteiger partial charge in [0.25, 0.3) is 0 Å². The first-order valence-corrected chi connectivity index (χ1v) is 7.88. The van der Waals surface area contributed by atoms with E-state index in [9.17, 15) is 9.59 Å². The van der Waals surface area contributed by atoms with Crippen molar-refractivity contribution in [3.8, 4) is 0 Å². The van der Waals surface area contributed by atoms with E-state index in [-0.39, 0.29) is 24.2 Å². The normalized spacial score (nSPS) is 18.1. The number of carbonyl (C=O) groups is 2. The molecule has 1 aliphatic rings. The highest BCUT2D eigenvalue weighted by Gasteiger charge is 2.40. The maximum absolute atomic E-state index is 12.7. The Morgan fingerprint density at radius 1 is 1.22 bits per heavy atom. The van der Waals surface area contributed by atoms with Crippen molar-refractivity contribution in [1.82, 2.24) is 9.78 Å². The third-order valence-electron chi connectivity index (χ3n) is 4.15. The van der Waals surface area contributed by atoms with Crippen LogP contribution in [0.3, 0.4) is 0 Å². The maximum atomic E-state index is 12.7. The van der Waals surface area contributed by atoms with Gasteiger partial charge in [0.15, 0.2) is 0 Å². The van der Waals surface area contributed by atoms with Gasteiger partial charge in [-0.3, -0.25) is 19.2 Å². The standard InChI is InChI=1S/C17H18ClN3O2/c1-10-4-5-14(8-15(10)18)21-16(22)7-13(17(21)23)9-20-12(3)6-11(2)19-20/h4-6,8,13H,7,9H2,1-3H3/t13-/m0/s1. The van der Waals surface area contributed by atoms with Crippen LogP contribution in [0.15, 0.2) is 24.3 Å². The number of anilines is 1. The Kier molecular flexibility index (Phi) is 3.98. The monoisotopic (exact) mass is 331 g/mol. The van der Waals surface area contributed by atoms with Crippen LogP contribution < -0.4 is 4.90 Å². The number of aromatic nitrogens is 2. The van der Waals surface area contributed by atoms with E-state index in [1.165, 1.54) is 4.90 Å². The van der Waals surface area contributed by atoms with Gasteiger partial charge in [-0.15, -0.1) is 0 Å². The molecule has 2 aromatic rings. The summed E-state index contributed by atoms with van der Waals surface area (Å²) in [5, 5.41) is 4.92. The number of halogens is 1. The molecule has 0 N–H and O–H groups in total. The number of hydrogen-bond acceptors (Lipinski definition) is 3. The number of hydrogen-bond donors (Lipinski definition) is 0. The third kappa shape index (κ3) is 2.88. The highest BCUT2D eigenvalue weighted by Crippen LogP contribution is 2.30. The molecular weight excluding hydrogens is 314 g/mol. The van der Waals surface area contributed by atoms with Crippen molar-refractivity contribution >= 4 is 29.1 Å². The van der Waals surface area contributed by atoms with Gasteiger partial charge >= 0.3 is 0 Å². The first-order chi connectivity index (χ1) is 10.9. The molecule has 0 radical (unpaired) electrons. The van der Waals surface area contributed by atoms with Crippen molar-refractivity contribution in [3.63, 3.8) is 0 Å². The lowest BCUT2D eigenvalue weighted by Gasteiger charge is -2.16. The summed E-state index contributed by atoms with van der Waals surface area (Å²) in [6, 6.07) is 7.19. The summed E-state index contributed by atoms with van der Waals surface area (Å²) in [7, 11) is 0. The summed E-state index contributed by atoms with van der Waals surface area (Å²) in [5.41, 5.74) is 3.33. The Bertz CT molecular complexity index is 797. The lowest BCUT2D eigenvalue weighted by molar-refractivity contribution is -0.122. The fourth-order valence-electron chi connectivity index (χ4n) is 2.90. The molecule has 0 spiro atoms. The lowest BCUT2D eigenvalue weighted by atomic mass is 10.1. The Labute approximate surface area is 139 Å². The Hall–Kier alpha value is -2.14. The fourth-order valence-corrected chi connectivity index (χ4v) is 3.07. The van der Waals surface area contributed by atoms with Crippen molar-refractivity contribution in [1.29, 1.82) is 0 Å². The molecule has 1 saturated heterocycles. The minimum absolute atomic E-state index is 0.192. The minimum atomic E-state index is -0.388. The third-order valence-corrected chi connectivity index (χ3v) is 4.56. The molecule has 6 heteroatoms. The van der Waals surface area contributed by atoms with Crippen LogP contribution in [0.4, 0.5) is 5.69 Å². The molecule has 2 amide bonds. The van der Waals surface area contributed by atoms with Crippen molar-refractivity contribution in [2.75, 3.05) is 4.90 Å². The van der Waals surface area contributed by atoms with Crippen molar-refractivity contribution in [2.45, 2.75) is 33.7 Å². The molecule has 1 aromatic carbocycles. The average molecular weight is 332 g/mol. The number of nitrogens with zero attached hydrogens (tertiary/aromatic N) is 3. The molecule has 0 bridgehead atoms. The van der Waals surface area contributed by atoms with E-state index in [0.29, 0.717) is 17.3 Å². The summed E-state index contributed by atoms with van der Waals surface area (Å²) in [6.07, 6.45) is 0.197. The van der Waals surface area contributed by atoms with Gasteiger partial charge in [0.2, 0.25) is 11.8 Å². The summed E-state index contributed by atoms with van der Waals surface area (Å²) in [4.78, 5) is 26.2. The largest absolute Gasteiger partial charge is 0.274 e. The van der Waals surface area contributed by atoms with Gasteiger partial charge in [-0.25, -0.2) is 0 Å². The Morgan fingerprint density at radius 3 is 2.57 bits per heavy atom. The summed E-state index contributed by atoms with van der Waals surface area (Å²) in [5.74, 6) is -0.774. The second-order valence-corrected chi connectivity index (χ2v) is 6.42. The van der Waals surface area contributed by atoms with Crippen LogP contribution >= 0.6 is 11.6 Å². The van der Waals surface area contributed by atoms with Gasteiger partial charge in [-0.2, -0.15) is 5.10 Å². The van der Waals surface area contributed by atoms with Crippen LogP contribution in [0.5, 0.6) is 0 Å². The van der Waals surface area contributed by atoms with Crippen LogP contribution in [0.25, 0.3) is 0 Å². The second kappa shape index (κ2) is 5.81. The zero-order chi connectivity index (χ0) is 16.7. The molecule has 1 atom stereocenters. The molecule has 120 valence electrons. The van der Waals surface area contributed by atoms with E-state index in [1.54, 1.807) is 16.8 Å². The summed E-state index contributed by atoms with van der Waals surface area (Å²) in [6.45, 7) is 6.15. The van der Waals surface area contributed by atoms with E-state index < -0.39 is 0 Å². The van der Waals surface area contributed by atoms with Gasteiger partial charge < -0.3 is 0 Å². The molecule has 0 unspecified atom stereocenters. The van der Waals surface area contributed by atoms with Gasteiger partial charge in [0.05, 0.1) is 23.8 Å². The first-order valence-electron chi connectivity index (χ1n) is 7.51. The predicted octanol–water partition coefficient (Wildman–Crippen LogP) is 3.04. The highest BCUT2D eigenvalue weighted by atomic mass is 35.5. The quantitative estimate of drug-likeness (QED) is 0.812. The van der Waals surface area contributed by atoms with Crippen LogP contribution in [0.2, 0.25) is 5.02 Å². The van der Waals surface area contributed by atoms with Crippen LogP contribution in [-0.4, -0.2) is 21.6 Å². The number of benzene rings is 1. The van der Waals surface area contributed by atoms with E-state index in [2.05, 4.69) is 5.10 Å². The van der Waals surface area contributed by atoms with Crippen LogP contribution in [-0.2, 0) is 16.1 Å². The van der Waals surface area contributed by atoms with Gasteiger partial charge in [-0.1, -0.05) is 17.7 Å². The van der Waals surface area contributed by atoms with E-state index in [0.717, 1.165) is 17.0 Å².